The SMILES string of the molecule is C=CCn1nnc(COc2ccc(OC)cc2)c1SCC(=O)Nc1ccc(C(C)C)cc1. The molecule has 8 heteroatoms. The molecule has 0 spiro atoms. The molecule has 1 aromatic heterocycles. The number of thioether (sulfide) groups is 1. The minimum absolute atomic E-state index is 0.0966. The maximum Gasteiger partial charge on any atom is 0.234 e. The summed E-state index contributed by atoms with van der Waals surface area (Å²) in [5, 5.41) is 12.1. The van der Waals surface area contributed by atoms with Gasteiger partial charge in [-0.05, 0) is 47.9 Å². The summed E-state index contributed by atoms with van der Waals surface area (Å²) in [4.78, 5) is 12.5. The third kappa shape index (κ3) is 6.37. The summed E-state index contributed by atoms with van der Waals surface area (Å²) in [5.74, 6) is 2.04. The molecule has 0 radical (unpaired) electrons. The van der Waals surface area contributed by atoms with Crippen LogP contribution in [0.15, 0.2) is 66.2 Å². The lowest BCUT2D eigenvalue weighted by Gasteiger charge is -2.10. The number of methoxy groups -OCH3 is 1. The van der Waals surface area contributed by atoms with E-state index < -0.39 is 0 Å². The molecule has 0 atom stereocenters. The zero-order valence-corrected chi connectivity index (χ0v) is 19.4. The van der Waals surface area contributed by atoms with Crippen LogP contribution in [0, 0.1) is 0 Å². The van der Waals surface area contributed by atoms with Crippen LogP contribution in [0.5, 0.6) is 11.5 Å². The van der Waals surface area contributed by atoms with Crippen molar-refractivity contribution in [1.29, 1.82) is 0 Å². The first kappa shape index (κ1) is 23.4. The molecule has 1 heterocycles. The zero-order chi connectivity index (χ0) is 22.9. The molecule has 168 valence electrons. The van der Waals surface area contributed by atoms with Gasteiger partial charge >= 0.3 is 0 Å². The van der Waals surface area contributed by atoms with Crippen LogP contribution < -0.4 is 14.8 Å². The highest BCUT2D eigenvalue weighted by Gasteiger charge is 2.16. The molecule has 7 nitrogen and oxygen atoms in total. The number of hydrogen-bond acceptors (Lipinski definition) is 6. The number of nitrogens with one attached hydrogen (secondary N) is 1. The highest BCUT2D eigenvalue weighted by atomic mass is 32.2. The van der Waals surface area contributed by atoms with Crippen molar-refractivity contribution in [3.63, 3.8) is 0 Å². The zero-order valence-electron chi connectivity index (χ0n) is 18.6. The van der Waals surface area contributed by atoms with Gasteiger partial charge in [0, 0.05) is 5.69 Å². The standard InChI is InChI=1S/C24H28N4O3S/c1-5-14-28-24(22(26-27-28)15-31-21-12-10-20(30-4)11-13-21)32-16-23(29)25-19-8-6-18(7-9-19)17(2)3/h5-13,17H,1,14-16H2,2-4H3,(H,25,29). The van der Waals surface area contributed by atoms with Gasteiger partial charge in [-0.2, -0.15) is 0 Å². The summed E-state index contributed by atoms with van der Waals surface area (Å²) < 4.78 is 12.7. The minimum Gasteiger partial charge on any atom is -0.497 e. The Morgan fingerprint density at radius 2 is 1.84 bits per heavy atom. The fraction of sp³-hybridized carbons (Fsp3) is 0.292. The van der Waals surface area contributed by atoms with Crippen LogP contribution >= 0.6 is 11.8 Å². The number of ether oxygens (including phenoxy) is 2. The van der Waals surface area contributed by atoms with Gasteiger partial charge < -0.3 is 14.8 Å². The molecule has 0 fully saturated rings. The summed E-state index contributed by atoms with van der Waals surface area (Å²) in [6.07, 6.45) is 1.74. The van der Waals surface area contributed by atoms with Crippen LogP contribution in [-0.2, 0) is 17.9 Å². The Labute approximate surface area is 192 Å². The molecule has 3 aromatic rings. The first-order chi connectivity index (χ1) is 15.5. The van der Waals surface area contributed by atoms with Crippen LogP contribution in [0.2, 0.25) is 0 Å². The number of carbonyl (C=O) groups excluding carboxylic acids is 1. The highest BCUT2D eigenvalue weighted by molar-refractivity contribution is 8.00. The molecular formula is C24H28N4O3S. The number of allylic oxidation sites excluding steroid dienone is 1. The number of rotatable bonds is 11. The number of benzene rings is 2. The first-order valence-corrected chi connectivity index (χ1v) is 11.3. The van der Waals surface area contributed by atoms with Crippen molar-refractivity contribution in [2.75, 3.05) is 18.2 Å². The second kappa shape index (κ2) is 11.4. The van der Waals surface area contributed by atoms with Gasteiger partial charge in [0.25, 0.3) is 0 Å². The predicted molar refractivity (Wildman–Crippen MR) is 127 cm³/mol. The lowest BCUT2D eigenvalue weighted by Crippen LogP contribution is -2.15. The van der Waals surface area contributed by atoms with Crippen LogP contribution in [0.25, 0.3) is 0 Å². The average molecular weight is 453 g/mol. The van der Waals surface area contributed by atoms with Gasteiger partial charge in [0.1, 0.15) is 28.8 Å². The predicted octanol–water partition coefficient (Wildman–Crippen LogP) is 4.91. The van der Waals surface area contributed by atoms with Crippen molar-refractivity contribution >= 4 is 23.4 Å². The largest absolute Gasteiger partial charge is 0.497 e. The maximum absolute atomic E-state index is 12.5. The van der Waals surface area contributed by atoms with Gasteiger partial charge in [0.05, 0.1) is 19.4 Å². The number of hydrogen-bond donors (Lipinski definition) is 1. The molecule has 0 saturated carbocycles. The van der Waals surface area contributed by atoms with Crippen LogP contribution in [0.4, 0.5) is 5.69 Å². The minimum atomic E-state index is -0.0966. The fourth-order valence-corrected chi connectivity index (χ4v) is 3.80. The molecule has 0 aliphatic carbocycles. The second-order valence-corrected chi connectivity index (χ2v) is 8.35. The Morgan fingerprint density at radius 1 is 1.16 bits per heavy atom. The second-order valence-electron chi connectivity index (χ2n) is 7.39. The van der Waals surface area contributed by atoms with Gasteiger partial charge in [0.2, 0.25) is 5.91 Å². The van der Waals surface area contributed by atoms with Crippen LogP contribution in [0.3, 0.4) is 0 Å². The van der Waals surface area contributed by atoms with E-state index in [4.69, 9.17) is 9.47 Å². The Morgan fingerprint density at radius 3 is 2.47 bits per heavy atom. The molecule has 1 amide bonds. The van der Waals surface area contributed by atoms with Crippen molar-refractivity contribution in [2.24, 2.45) is 0 Å². The highest BCUT2D eigenvalue weighted by Crippen LogP contribution is 2.24. The Bertz CT molecular complexity index is 1030. The molecular weight excluding hydrogens is 424 g/mol. The molecule has 0 aliphatic rings. The van der Waals surface area contributed by atoms with Gasteiger partial charge in [-0.1, -0.05) is 49.0 Å². The number of amides is 1. The topological polar surface area (TPSA) is 78.3 Å². The summed E-state index contributed by atoms with van der Waals surface area (Å²) in [6, 6.07) is 15.2. The fourth-order valence-electron chi connectivity index (χ4n) is 2.94. The lowest BCUT2D eigenvalue weighted by atomic mass is 10.0. The van der Waals surface area contributed by atoms with Crippen molar-refractivity contribution in [3.05, 3.63) is 72.4 Å². The van der Waals surface area contributed by atoms with Crippen LogP contribution in [0.1, 0.15) is 31.0 Å². The number of anilines is 1. The van der Waals surface area contributed by atoms with E-state index in [-0.39, 0.29) is 18.3 Å². The van der Waals surface area contributed by atoms with Crippen molar-refractivity contribution < 1.29 is 14.3 Å². The Kier molecular flexibility index (Phi) is 8.33. The lowest BCUT2D eigenvalue weighted by molar-refractivity contribution is -0.113. The number of aromatic nitrogens is 3. The Balaban J connectivity index is 1.61. The van der Waals surface area contributed by atoms with E-state index >= 15 is 0 Å². The first-order valence-electron chi connectivity index (χ1n) is 10.3. The average Bonchev–Trinajstić information content (AvgIpc) is 3.18. The summed E-state index contributed by atoms with van der Waals surface area (Å²) in [6.45, 7) is 8.78. The summed E-state index contributed by atoms with van der Waals surface area (Å²) in [5.41, 5.74) is 2.68. The van der Waals surface area contributed by atoms with Crippen molar-refractivity contribution in [2.45, 2.75) is 37.9 Å². The maximum atomic E-state index is 12.5. The molecule has 2 aromatic carbocycles. The van der Waals surface area contributed by atoms with Gasteiger partial charge in [-0.3, -0.25) is 4.79 Å². The quantitative estimate of drug-likeness (QED) is 0.329. The summed E-state index contributed by atoms with van der Waals surface area (Å²) >= 11 is 1.38. The van der Waals surface area contributed by atoms with E-state index in [0.717, 1.165) is 16.5 Å². The van der Waals surface area contributed by atoms with Gasteiger partial charge in [0.15, 0.2) is 0 Å². The van der Waals surface area contributed by atoms with Crippen LogP contribution in [-0.4, -0.2) is 33.8 Å². The monoisotopic (exact) mass is 452 g/mol. The molecule has 32 heavy (non-hydrogen) atoms. The smallest absolute Gasteiger partial charge is 0.234 e. The van der Waals surface area contributed by atoms with Gasteiger partial charge in [-0.25, -0.2) is 4.68 Å². The van der Waals surface area contributed by atoms with E-state index in [1.807, 2.05) is 48.5 Å². The molecule has 0 unspecified atom stereocenters. The summed E-state index contributed by atoms with van der Waals surface area (Å²) in [7, 11) is 1.62. The molecule has 3 rings (SSSR count). The van der Waals surface area contributed by atoms with E-state index in [0.29, 0.717) is 23.9 Å². The third-order valence-corrected chi connectivity index (χ3v) is 5.82. The van der Waals surface area contributed by atoms with Crippen molar-refractivity contribution in [3.8, 4) is 11.5 Å². The molecule has 0 saturated heterocycles. The molecule has 0 bridgehead atoms. The van der Waals surface area contributed by atoms with Gasteiger partial charge in [-0.15, -0.1) is 11.7 Å². The normalized spacial score (nSPS) is 10.8. The number of carbonyl (C=O) groups is 1. The molecule has 1 N–H and O–H groups in total. The van der Waals surface area contributed by atoms with E-state index in [1.165, 1.54) is 17.3 Å². The number of nitrogens with zero attached hydrogens (tertiary/aromatic N) is 3. The van der Waals surface area contributed by atoms with Crippen molar-refractivity contribution in [1.82, 2.24) is 15.0 Å². The van der Waals surface area contributed by atoms with E-state index in [2.05, 4.69) is 36.1 Å². The van der Waals surface area contributed by atoms with E-state index in [1.54, 1.807) is 17.9 Å². The third-order valence-electron chi connectivity index (χ3n) is 4.69. The Hall–Kier alpha value is -3.26. The molecule has 0 aliphatic heterocycles. The van der Waals surface area contributed by atoms with E-state index in [9.17, 15) is 4.79 Å².